The number of urea groups is 1. The van der Waals surface area contributed by atoms with Gasteiger partial charge in [0.25, 0.3) is 5.91 Å². The van der Waals surface area contributed by atoms with Crippen molar-refractivity contribution in [1.82, 2.24) is 24.9 Å². The SMILES string of the molecule is CCn1ccc(CN2C(=O)N(CCc3ccccc3)C3(CCNCC3)C2=O)n1.Cl. The summed E-state index contributed by atoms with van der Waals surface area (Å²) < 4.78 is 1.81. The van der Waals surface area contributed by atoms with Gasteiger partial charge in [0.05, 0.1) is 12.2 Å². The third kappa shape index (κ3) is 4.02. The predicted molar refractivity (Wildman–Crippen MR) is 113 cm³/mol. The number of halogens is 1. The van der Waals surface area contributed by atoms with Gasteiger partial charge in [-0.25, -0.2) is 4.79 Å². The van der Waals surface area contributed by atoms with Crippen LogP contribution in [0.25, 0.3) is 0 Å². The first-order valence-corrected chi connectivity index (χ1v) is 10.0. The van der Waals surface area contributed by atoms with Crippen molar-refractivity contribution >= 4 is 24.3 Å². The molecule has 1 aromatic heterocycles. The average molecular weight is 418 g/mol. The monoisotopic (exact) mass is 417 g/mol. The van der Waals surface area contributed by atoms with E-state index in [0.29, 0.717) is 19.4 Å². The zero-order chi connectivity index (χ0) is 19.6. The summed E-state index contributed by atoms with van der Waals surface area (Å²) in [5, 5.41) is 7.77. The second-order valence-electron chi connectivity index (χ2n) is 7.51. The standard InChI is InChI=1S/C21H27N5O2.ClH/c1-2-24-14-9-18(23-24)16-25-19(27)21(10-12-22-13-11-21)26(20(25)28)15-8-17-6-4-3-5-7-17;/h3-7,9,14,22H,2,8,10-13,15-16H2,1H3;1H. The highest BCUT2D eigenvalue weighted by Crippen LogP contribution is 2.36. The minimum absolute atomic E-state index is 0. The highest BCUT2D eigenvalue weighted by molar-refractivity contribution is 6.07. The number of imide groups is 1. The Morgan fingerprint density at radius 3 is 2.48 bits per heavy atom. The average Bonchev–Trinajstić information content (AvgIpc) is 3.26. The van der Waals surface area contributed by atoms with Gasteiger partial charge in [-0.05, 0) is 50.9 Å². The van der Waals surface area contributed by atoms with Crippen LogP contribution in [0.4, 0.5) is 4.79 Å². The number of hydrogen-bond donors (Lipinski definition) is 1. The minimum atomic E-state index is -0.718. The second kappa shape index (κ2) is 8.97. The summed E-state index contributed by atoms with van der Waals surface area (Å²) in [4.78, 5) is 29.9. The van der Waals surface area contributed by atoms with E-state index in [2.05, 4.69) is 22.5 Å². The van der Waals surface area contributed by atoms with E-state index in [1.165, 1.54) is 10.5 Å². The van der Waals surface area contributed by atoms with E-state index in [9.17, 15) is 9.59 Å². The number of rotatable bonds is 6. The van der Waals surface area contributed by atoms with E-state index in [-0.39, 0.29) is 30.9 Å². The number of aromatic nitrogens is 2. The van der Waals surface area contributed by atoms with Crippen molar-refractivity contribution in [2.45, 2.75) is 44.8 Å². The molecule has 156 valence electrons. The Morgan fingerprint density at radius 2 is 1.83 bits per heavy atom. The van der Waals surface area contributed by atoms with Crippen molar-refractivity contribution in [2.75, 3.05) is 19.6 Å². The van der Waals surface area contributed by atoms with Gasteiger partial charge >= 0.3 is 6.03 Å². The van der Waals surface area contributed by atoms with Crippen LogP contribution >= 0.6 is 12.4 Å². The van der Waals surface area contributed by atoms with Gasteiger partial charge in [0.1, 0.15) is 5.54 Å². The molecule has 2 fully saturated rings. The van der Waals surface area contributed by atoms with Crippen LogP contribution in [-0.4, -0.2) is 56.7 Å². The van der Waals surface area contributed by atoms with Crippen LogP contribution in [0, 0.1) is 0 Å². The van der Waals surface area contributed by atoms with Crippen molar-refractivity contribution < 1.29 is 9.59 Å². The summed E-state index contributed by atoms with van der Waals surface area (Å²) >= 11 is 0. The Hall–Kier alpha value is -2.38. The smallest absolute Gasteiger partial charge is 0.317 e. The molecule has 0 saturated carbocycles. The van der Waals surface area contributed by atoms with Crippen LogP contribution in [0.1, 0.15) is 31.0 Å². The van der Waals surface area contributed by atoms with Crippen LogP contribution in [0.2, 0.25) is 0 Å². The lowest BCUT2D eigenvalue weighted by Gasteiger charge is -2.38. The van der Waals surface area contributed by atoms with Crippen LogP contribution in [0.15, 0.2) is 42.6 Å². The molecule has 3 heterocycles. The summed E-state index contributed by atoms with van der Waals surface area (Å²) in [6.45, 7) is 5.06. The summed E-state index contributed by atoms with van der Waals surface area (Å²) in [6.07, 6.45) is 3.94. The lowest BCUT2D eigenvalue weighted by molar-refractivity contribution is -0.135. The lowest BCUT2D eigenvalue weighted by atomic mass is 9.86. The largest absolute Gasteiger partial charge is 0.328 e. The van der Waals surface area contributed by atoms with E-state index < -0.39 is 5.54 Å². The van der Waals surface area contributed by atoms with Crippen LogP contribution < -0.4 is 5.32 Å². The Morgan fingerprint density at radius 1 is 1.10 bits per heavy atom. The topological polar surface area (TPSA) is 70.5 Å². The molecule has 0 aliphatic carbocycles. The number of nitrogens with one attached hydrogen (secondary N) is 1. The fourth-order valence-corrected chi connectivity index (χ4v) is 4.27. The molecule has 4 rings (SSSR count). The maximum atomic E-state index is 13.4. The maximum Gasteiger partial charge on any atom is 0.328 e. The van der Waals surface area contributed by atoms with Crippen LogP contribution in [0.3, 0.4) is 0 Å². The fraction of sp³-hybridized carbons (Fsp3) is 0.476. The molecule has 0 unspecified atom stereocenters. The second-order valence-corrected chi connectivity index (χ2v) is 7.51. The fourth-order valence-electron chi connectivity index (χ4n) is 4.27. The highest BCUT2D eigenvalue weighted by atomic mass is 35.5. The number of nitrogens with zero attached hydrogens (tertiary/aromatic N) is 4. The Balaban J connectivity index is 0.00000240. The number of carbonyl (C=O) groups is 2. The minimum Gasteiger partial charge on any atom is -0.317 e. The highest BCUT2D eigenvalue weighted by Gasteiger charge is 2.56. The number of benzene rings is 1. The van der Waals surface area contributed by atoms with Crippen molar-refractivity contribution in [2.24, 2.45) is 0 Å². The van der Waals surface area contributed by atoms with E-state index in [1.807, 2.05) is 47.0 Å². The third-order valence-corrected chi connectivity index (χ3v) is 5.86. The van der Waals surface area contributed by atoms with Crippen LogP contribution in [-0.2, 0) is 24.3 Å². The molecule has 2 aliphatic rings. The quantitative estimate of drug-likeness (QED) is 0.733. The number of aryl methyl sites for hydroxylation is 1. The number of amides is 3. The molecule has 1 spiro atoms. The van der Waals surface area contributed by atoms with Crippen molar-refractivity contribution in [1.29, 1.82) is 0 Å². The van der Waals surface area contributed by atoms with E-state index in [0.717, 1.165) is 31.7 Å². The summed E-state index contributed by atoms with van der Waals surface area (Å²) in [7, 11) is 0. The van der Waals surface area contributed by atoms with Crippen LogP contribution in [0.5, 0.6) is 0 Å². The summed E-state index contributed by atoms with van der Waals surface area (Å²) in [5.74, 6) is -0.0712. The molecule has 8 heteroatoms. The zero-order valence-corrected chi connectivity index (χ0v) is 17.5. The molecule has 0 bridgehead atoms. The van der Waals surface area contributed by atoms with Gasteiger partial charge in [-0.3, -0.25) is 14.4 Å². The van der Waals surface area contributed by atoms with Gasteiger partial charge < -0.3 is 10.2 Å². The Bertz CT molecular complexity index is 848. The molecular formula is C21H28ClN5O2. The lowest BCUT2D eigenvalue weighted by Crippen LogP contribution is -2.56. The molecule has 0 radical (unpaired) electrons. The van der Waals surface area contributed by atoms with Gasteiger partial charge in [-0.1, -0.05) is 30.3 Å². The van der Waals surface area contributed by atoms with Gasteiger partial charge in [0.2, 0.25) is 0 Å². The molecular weight excluding hydrogens is 390 g/mol. The van der Waals surface area contributed by atoms with Gasteiger partial charge in [0.15, 0.2) is 0 Å². The number of carbonyl (C=O) groups excluding carboxylic acids is 2. The van der Waals surface area contributed by atoms with Gasteiger partial charge in [-0.15, -0.1) is 12.4 Å². The maximum absolute atomic E-state index is 13.4. The first-order valence-electron chi connectivity index (χ1n) is 10.0. The van der Waals surface area contributed by atoms with Crippen molar-refractivity contribution in [3.05, 3.63) is 53.9 Å². The Labute approximate surface area is 177 Å². The summed E-state index contributed by atoms with van der Waals surface area (Å²) in [5.41, 5.74) is 1.20. The van der Waals surface area contributed by atoms with E-state index in [4.69, 9.17) is 0 Å². The molecule has 2 aliphatic heterocycles. The molecule has 3 amide bonds. The van der Waals surface area contributed by atoms with Gasteiger partial charge in [-0.2, -0.15) is 5.10 Å². The Kier molecular flexibility index (Phi) is 6.59. The molecule has 0 atom stereocenters. The molecule has 29 heavy (non-hydrogen) atoms. The predicted octanol–water partition coefficient (Wildman–Crippen LogP) is 2.45. The third-order valence-electron chi connectivity index (χ3n) is 5.86. The van der Waals surface area contributed by atoms with Crippen molar-refractivity contribution in [3.8, 4) is 0 Å². The molecule has 2 aromatic rings. The van der Waals surface area contributed by atoms with E-state index >= 15 is 0 Å². The first kappa shape index (κ1) is 21.3. The number of hydrogen-bond acceptors (Lipinski definition) is 4. The van der Waals surface area contributed by atoms with Gasteiger partial charge in [0, 0.05) is 19.3 Å². The normalized spacial score (nSPS) is 18.4. The molecule has 1 N–H and O–H groups in total. The molecule has 1 aromatic carbocycles. The molecule has 7 nitrogen and oxygen atoms in total. The number of piperidine rings is 1. The van der Waals surface area contributed by atoms with Crippen molar-refractivity contribution in [3.63, 3.8) is 0 Å². The van der Waals surface area contributed by atoms with E-state index in [1.54, 1.807) is 0 Å². The molecule has 2 saturated heterocycles. The summed E-state index contributed by atoms with van der Waals surface area (Å²) in [6, 6.07) is 11.8. The zero-order valence-electron chi connectivity index (χ0n) is 16.7. The first-order chi connectivity index (χ1) is 13.6.